The molecule has 0 radical (unpaired) electrons. The molecule has 1 aliphatic rings. The van der Waals surface area contributed by atoms with Gasteiger partial charge in [-0.3, -0.25) is 4.79 Å². The van der Waals surface area contributed by atoms with Crippen LogP contribution in [0.3, 0.4) is 0 Å². The SMILES string of the molecule is Cc1ccccc1C(=O)N1CCC(Cc2ccc(F)cc2)CC1. The number of carbonyl (C=O) groups is 1. The fraction of sp³-hybridized carbons (Fsp3) is 0.350. The fourth-order valence-electron chi connectivity index (χ4n) is 3.28. The Labute approximate surface area is 136 Å². The maximum atomic E-state index is 13.0. The number of nitrogens with zero attached hydrogens (tertiary/aromatic N) is 1. The Bertz CT molecular complexity index is 672. The molecule has 1 aliphatic heterocycles. The van der Waals surface area contributed by atoms with Crippen LogP contribution in [0.5, 0.6) is 0 Å². The number of likely N-dealkylation sites (tertiary alicyclic amines) is 1. The van der Waals surface area contributed by atoms with Crippen LogP contribution < -0.4 is 0 Å². The lowest BCUT2D eigenvalue weighted by atomic mass is 9.90. The number of halogens is 1. The number of aryl methyl sites for hydroxylation is 1. The van der Waals surface area contributed by atoms with Crippen molar-refractivity contribution in [3.8, 4) is 0 Å². The zero-order chi connectivity index (χ0) is 16.2. The molecule has 3 heteroatoms. The molecule has 1 heterocycles. The second-order valence-electron chi connectivity index (χ2n) is 6.38. The maximum absolute atomic E-state index is 13.0. The summed E-state index contributed by atoms with van der Waals surface area (Å²) in [5.74, 6) is 0.525. The van der Waals surface area contributed by atoms with Crippen molar-refractivity contribution in [1.29, 1.82) is 0 Å². The number of carbonyl (C=O) groups excluding carboxylic acids is 1. The summed E-state index contributed by atoms with van der Waals surface area (Å²) in [6.07, 6.45) is 2.98. The van der Waals surface area contributed by atoms with Crippen molar-refractivity contribution in [2.24, 2.45) is 5.92 Å². The molecule has 0 unspecified atom stereocenters. The molecular formula is C20H22FNO. The lowest BCUT2D eigenvalue weighted by Crippen LogP contribution is -2.39. The van der Waals surface area contributed by atoms with Crippen molar-refractivity contribution in [3.63, 3.8) is 0 Å². The summed E-state index contributed by atoms with van der Waals surface area (Å²) in [6.45, 7) is 3.59. The molecule has 120 valence electrons. The van der Waals surface area contributed by atoms with Gasteiger partial charge in [0.25, 0.3) is 5.91 Å². The molecule has 0 atom stereocenters. The quantitative estimate of drug-likeness (QED) is 0.830. The number of amides is 1. The van der Waals surface area contributed by atoms with Gasteiger partial charge < -0.3 is 4.90 Å². The first-order chi connectivity index (χ1) is 11.1. The highest BCUT2D eigenvalue weighted by atomic mass is 19.1. The van der Waals surface area contributed by atoms with Crippen molar-refractivity contribution in [3.05, 3.63) is 71.0 Å². The monoisotopic (exact) mass is 311 g/mol. The third-order valence-corrected chi connectivity index (χ3v) is 4.71. The molecule has 0 bridgehead atoms. The third-order valence-electron chi connectivity index (χ3n) is 4.71. The Kier molecular flexibility index (Phi) is 4.75. The van der Waals surface area contributed by atoms with E-state index < -0.39 is 0 Å². The van der Waals surface area contributed by atoms with E-state index in [-0.39, 0.29) is 11.7 Å². The summed E-state index contributed by atoms with van der Waals surface area (Å²) in [6, 6.07) is 14.5. The van der Waals surface area contributed by atoms with E-state index in [9.17, 15) is 9.18 Å². The van der Waals surface area contributed by atoms with Crippen LogP contribution >= 0.6 is 0 Å². The number of piperidine rings is 1. The van der Waals surface area contributed by atoms with Crippen LogP contribution in [0, 0.1) is 18.7 Å². The van der Waals surface area contributed by atoms with Crippen molar-refractivity contribution in [2.45, 2.75) is 26.2 Å². The van der Waals surface area contributed by atoms with Crippen molar-refractivity contribution < 1.29 is 9.18 Å². The smallest absolute Gasteiger partial charge is 0.254 e. The molecule has 23 heavy (non-hydrogen) atoms. The topological polar surface area (TPSA) is 20.3 Å². The number of hydrogen-bond donors (Lipinski definition) is 0. The lowest BCUT2D eigenvalue weighted by Gasteiger charge is -2.32. The molecule has 1 saturated heterocycles. The van der Waals surface area contributed by atoms with E-state index in [1.54, 1.807) is 0 Å². The summed E-state index contributed by atoms with van der Waals surface area (Å²) in [5.41, 5.74) is 3.02. The van der Waals surface area contributed by atoms with Gasteiger partial charge in [0, 0.05) is 18.7 Å². The first-order valence-electron chi connectivity index (χ1n) is 8.23. The van der Waals surface area contributed by atoms with Crippen LogP contribution in [0.1, 0.15) is 34.3 Å². The first kappa shape index (κ1) is 15.7. The summed E-state index contributed by atoms with van der Waals surface area (Å²) >= 11 is 0. The lowest BCUT2D eigenvalue weighted by molar-refractivity contribution is 0.0690. The minimum Gasteiger partial charge on any atom is -0.339 e. The minimum absolute atomic E-state index is 0.142. The van der Waals surface area contributed by atoms with E-state index >= 15 is 0 Å². The van der Waals surface area contributed by atoms with Crippen molar-refractivity contribution in [2.75, 3.05) is 13.1 Å². The molecule has 1 amide bonds. The Morgan fingerprint density at radius 1 is 1.09 bits per heavy atom. The standard InChI is InChI=1S/C20H22FNO/c1-15-4-2-3-5-19(15)20(23)22-12-10-17(11-13-22)14-16-6-8-18(21)9-7-16/h2-9,17H,10-14H2,1H3. The van der Waals surface area contributed by atoms with Gasteiger partial charge in [-0.1, -0.05) is 30.3 Å². The molecule has 2 nitrogen and oxygen atoms in total. The van der Waals surface area contributed by atoms with Gasteiger partial charge in [-0.25, -0.2) is 4.39 Å². The Hall–Kier alpha value is -2.16. The second kappa shape index (κ2) is 6.95. The van der Waals surface area contributed by atoms with Crippen LogP contribution in [-0.4, -0.2) is 23.9 Å². The highest BCUT2D eigenvalue weighted by Gasteiger charge is 2.24. The number of benzene rings is 2. The molecule has 3 rings (SSSR count). The predicted molar refractivity (Wildman–Crippen MR) is 89.9 cm³/mol. The zero-order valence-corrected chi connectivity index (χ0v) is 13.5. The predicted octanol–water partition coefficient (Wildman–Crippen LogP) is 4.23. The van der Waals surface area contributed by atoms with Crippen molar-refractivity contribution in [1.82, 2.24) is 4.90 Å². The first-order valence-corrected chi connectivity index (χ1v) is 8.23. The summed E-state index contributed by atoms with van der Waals surface area (Å²) in [4.78, 5) is 14.6. The molecule has 0 aromatic heterocycles. The highest BCUT2D eigenvalue weighted by Crippen LogP contribution is 2.23. The van der Waals surface area contributed by atoms with Crippen molar-refractivity contribution >= 4 is 5.91 Å². The summed E-state index contributed by atoms with van der Waals surface area (Å²) < 4.78 is 13.0. The van der Waals surface area contributed by atoms with Crippen LogP contribution in [0.15, 0.2) is 48.5 Å². The Morgan fingerprint density at radius 3 is 2.39 bits per heavy atom. The van der Waals surface area contributed by atoms with Gasteiger partial charge in [0.15, 0.2) is 0 Å². The number of hydrogen-bond acceptors (Lipinski definition) is 1. The van der Waals surface area contributed by atoms with Gasteiger partial charge in [-0.15, -0.1) is 0 Å². The van der Waals surface area contributed by atoms with E-state index in [1.807, 2.05) is 48.2 Å². The Balaban J connectivity index is 1.57. The molecule has 2 aromatic rings. The molecular weight excluding hydrogens is 289 g/mol. The van der Waals surface area contributed by atoms with E-state index in [2.05, 4.69) is 0 Å². The highest BCUT2D eigenvalue weighted by molar-refractivity contribution is 5.95. The average molecular weight is 311 g/mol. The normalized spacial score (nSPS) is 15.7. The van der Waals surface area contributed by atoms with Crippen LogP contribution in [0.25, 0.3) is 0 Å². The fourth-order valence-corrected chi connectivity index (χ4v) is 3.28. The molecule has 0 spiro atoms. The average Bonchev–Trinajstić information content (AvgIpc) is 2.57. The van der Waals surface area contributed by atoms with Gasteiger partial charge in [0.1, 0.15) is 5.82 Å². The van der Waals surface area contributed by atoms with Gasteiger partial charge in [-0.2, -0.15) is 0 Å². The van der Waals surface area contributed by atoms with Crippen LogP contribution in [-0.2, 0) is 6.42 Å². The van der Waals surface area contributed by atoms with Gasteiger partial charge >= 0.3 is 0 Å². The van der Waals surface area contributed by atoms with E-state index in [4.69, 9.17) is 0 Å². The zero-order valence-electron chi connectivity index (χ0n) is 13.5. The molecule has 1 fully saturated rings. The summed E-state index contributed by atoms with van der Waals surface area (Å²) in [7, 11) is 0. The summed E-state index contributed by atoms with van der Waals surface area (Å²) in [5, 5.41) is 0. The van der Waals surface area contributed by atoms with Crippen LogP contribution in [0.4, 0.5) is 4.39 Å². The third kappa shape index (κ3) is 3.79. The Morgan fingerprint density at radius 2 is 1.74 bits per heavy atom. The molecule has 0 saturated carbocycles. The van der Waals surface area contributed by atoms with Gasteiger partial charge in [0.2, 0.25) is 0 Å². The van der Waals surface area contributed by atoms with E-state index in [1.165, 1.54) is 17.7 Å². The molecule has 0 aliphatic carbocycles. The van der Waals surface area contributed by atoms with Gasteiger partial charge in [-0.05, 0) is 61.4 Å². The van der Waals surface area contributed by atoms with E-state index in [0.717, 1.165) is 43.5 Å². The maximum Gasteiger partial charge on any atom is 0.254 e. The molecule has 2 aromatic carbocycles. The second-order valence-corrected chi connectivity index (χ2v) is 6.38. The van der Waals surface area contributed by atoms with E-state index in [0.29, 0.717) is 5.92 Å². The minimum atomic E-state index is -0.188. The van der Waals surface area contributed by atoms with Crippen LogP contribution in [0.2, 0.25) is 0 Å². The number of rotatable bonds is 3. The molecule has 0 N–H and O–H groups in total. The largest absolute Gasteiger partial charge is 0.339 e. The van der Waals surface area contributed by atoms with Gasteiger partial charge in [0.05, 0.1) is 0 Å².